The van der Waals surface area contributed by atoms with Crippen molar-refractivity contribution in [2.75, 3.05) is 5.32 Å². The molecule has 0 bridgehead atoms. The van der Waals surface area contributed by atoms with Crippen LogP contribution in [-0.4, -0.2) is 23.0 Å². The fourth-order valence-corrected chi connectivity index (χ4v) is 1.93. The van der Waals surface area contributed by atoms with Crippen LogP contribution in [0.15, 0.2) is 42.6 Å². The Hall–Kier alpha value is -2.40. The molecule has 0 saturated carbocycles. The lowest BCUT2D eigenvalue weighted by Crippen LogP contribution is -2.14. The van der Waals surface area contributed by atoms with Gasteiger partial charge in [-0.25, -0.2) is 9.78 Å². The topological polar surface area (TPSA) is 68.3 Å². The third-order valence-electron chi connectivity index (χ3n) is 2.72. The van der Waals surface area contributed by atoms with E-state index in [1.807, 2.05) is 0 Å². The van der Waals surface area contributed by atoms with Crippen molar-refractivity contribution in [2.45, 2.75) is 20.0 Å². The molecule has 0 unspecified atom stereocenters. The standard InChI is InChI=1S/C16H15ClN2O3/c1-10(2)22-16(21)11-5-7-12(8-6-11)19-15(20)13-4-3-9-18-14(13)17/h3-10H,1-2H3,(H,19,20). The van der Waals surface area contributed by atoms with Gasteiger partial charge in [0.25, 0.3) is 5.91 Å². The molecule has 22 heavy (non-hydrogen) atoms. The molecule has 2 rings (SSSR count). The van der Waals surface area contributed by atoms with E-state index in [0.717, 1.165) is 0 Å². The van der Waals surface area contributed by atoms with Gasteiger partial charge in [0.1, 0.15) is 5.15 Å². The smallest absolute Gasteiger partial charge is 0.338 e. The van der Waals surface area contributed by atoms with Crippen LogP contribution in [0.2, 0.25) is 5.15 Å². The number of ether oxygens (including phenoxy) is 1. The van der Waals surface area contributed by atoms with Gasteiger partial charge in [-0.05, 0) is 50.2 Å². The largest absolute Gasteiger partial charge is 0.459 e. The minimum absolute atomic E-state index is 0.136. The van der Waals surface area contributed by atoms with Crippen LogP contribution in [0.3, 0.4) is 0 Å². The molecule has 5 nitrogen and oxygen atoms in total. The molecule has 0 fully saturated rings. The average molecular weight is 319 g/mol. The number of aromatic nitrogens is 1. The Morgan fingerprint density at radius 3 is 2.45 bits per heavy atom. The molecule has 1 N–H and O–H groups in total. The van der Waals surface area contributed by atoms with Crippen LogP contribution in [0.1, 0.15) is 34.6 Å². The van der Waals surface area contributed by atoms with E-state index in [9.17, 15) is 9.59 Å². The van der Waals surface area contributed by atoms with Crippen LogP contribution < -0.4 is 5.32 Å². The summed E-state index contributed by atoms with van der Waals surface area (Å²) in [6, 6.07) is 9.64. The third-order valence-corrected chi connectivity index (χ3v) is 3.03. The number of hydrogen-bond donors (Lipinski definition) is 1. The second kappa shape index (κ2) is 7.04. The molecule has 0 radical (unpaired) electrons. The number of hydrogen-bond acceptors (Lipinski definition) is 4. The van der Waals surface area contributed by atoms with Crippen molar-refractivity contribution < 1.29 is 14.3 Å². The van der Waals surface area contributed by atoms with Gasteiger partial charge < -0.3 is 10.1 Å². The molecule has 114 valence electrons. The third kappa shape index (κ3) is 4.05. The SMILES string of the molecule is CC(C)OC(=O)c1ccc(NC(=O)c2cccnc2Cl)cc1. The normalized spacial score (nSPS) is 10.4. The van der Waals surface area contributed by atoms with E-state index in [2.05, 4.69) is 10.3 Å². The van der Waals surface area contributed by atoms with Gasteiger partial charge in [0.15, 0.2) is 0 Å². The summed E-state index contributed by atoms with van der Waals surface area (Å²) >= 11 is 5.87. The lowest BCUT2D eigenvalue weighted by atomic mass is 10.2. The lowest BCUT2D eigenvalue weighted by Gasteiger charge is -2.09. The van der Waals surface area contributed by atoms with Gasteiger partial charge in [-0.3, -0.25) is 4.79 Å². The zero-order chi connectivity index (χ0) is 16.1. The summed E-state index contributed by atoms with van der Waals surface area (Å²) in [5.74, 6) is -0.765. The Morgan fingerprint density at radius 1 is 1.18 bits per heavy atom. The van der Waals surface area contributed by atoms with Crippen LogP contribution in [0.4, 0.5) is 5.69 Å². The Labute approximate surface area is 133 Å². The maximum absolute atomic E-state index is 12.1. The fourth-order valence-electron chi connectivity index (χ4n) is 1.73. The quantitative estimate of drug-likeness (QED) is 0.691. The van der Waals surface area contributed by atoms with Crippen LogP contribution in [0.5, 0.6) is 0 Å². The van der Waals surface area contributed by atoms with Crippen molar-refractivity contribution in [2.24, 2.45) is 0 Å². The van der Waals surface area contributed by atoms with Crippen molar-refractivity contribution in [1.29, 1.82) is 0 Å². The highest BCUT2D eigenvalue weighted by molar-refractivity contribution is 6.33. The Balaban J connectivity index is 2.07. The van der Waals surface area contributed by atoms with E-state index in [1.54, 1.807) is 50.2 Å². The minimum Gasteiger partial charge on any atom is -0.459 e. The zero-order valence-corrected chi connectivity index (χ0v) is 12.9. The second-order valence-corrected chi connectivity index (χ2v) is 5.19. The molecule has 0 atom stereocenters. The number of halogens is 1. The molecular weight excluding hydrogens is 304 g/mol. The summed E-state index contributed by atoms with van der Waals surface area (Å²) in [7, 11) is 0. The van der Waals surface area contributed by atoms with Gasteiger partial charge in [0.2, 0.25) is 0 Å². The molecule has 0 spiro atoms. The first-order valence-corrected chi connectivity index (χ1v) is 7.08. The predicted molar refractivity (Wildman–Crippen MR) is 84.2 cm³/mol. The van der Waals surface area contributed by atoms with Crippen molar-refractivity contribution in [3.8, 4) is 0 Å². The Bertz CT molecular complexity index is 684. The molecule has 0 saturated heterocycles. The number of benzene rings is 1. The highest BCUT2D eigenvalue weighted by Gasteiger charge is 2.12. The first-order chi connectivity index (χ1) is 10.5. The van der Waals surface area contributed by atoms with E-state index in [-0.39, 0.29) is 22.7 Å². The maximum atomic E-state index is 12.1. The highest BCUT2D eigenvalue weighted by atomic mass is 35.5. The monoisotopic (exact) mass is 318 g/mol. The van der Waals surface area contributed by atoms with Crippen molar-refractivity contribution in [1.82, 2.24) is 4.98 Å². The predicted octanol–water partition coefficient (Wildman–Crippen LogP) is 3.55. The zero-order valence-electron chi connectivity index (χ0n) is 12.2. The number of rotatable bonds is 4. The average Bonchev–Trinajstić information content (AvgIpc) is 2.47. The summed E-state index contributed by atoms with van der Waals surface area (Å²) < 4.78 is 5.09. The number of nitrogens with zero attached hydrogens (tertiary/aromatic N) is 1. The summed E-state index contributed by atoms with van der Waals surface area (Å²) in [6.45, 7) is 3.56. The maximum Gasteiger partial charge on any atom is 0.338 e. The van der Waals surface area contributed by atoms with Crippen LogP contribution in [0, 0.1) is 0 Å². The Kier molecular flexibility index (Phi) is 5.12. The first-order valence-electron chi connectivity index (χ1n) is 6.70. The van der Waals surface area contributed by atoms with Gasteiger partial charge in [0, 0.05) is 11.9 Å². The van der Waals surface area contributed by atoms with Crippen molar-refractivity contribution >= 4 is 29.2 Å². The van der Waals surface area contributed by atoms with Gasteiger partial charge >= 0.3 is 5.97 Å². The van der Waals surface area contributed by atoms with Crippen molar-refractivity contribution in [3.05, 3.63) is 58.9 Å². The first kappa shape index (κ1) is 16.0. The number of esters is 1. The van der Waals surface area contributed by atoms with E-state index in [0.29, 0.717) is 11.3 Å². The van der Waals surface area contributed by atoms with E-state index < -0.39 is 5.97 Å². The van der Waals surface area contributed by atoms with E-state index >= 15 is 0 Å². The molecule has 0 aliphatic heterocycles. The number of carbonyl (C=O) groups is 2. The number of nitrogens with one attached hydrogen (secondary N) is 1. The van der Waals surface area contributed by atoms with Gasteiger partial charge in [0.05, 0.1) is 17.2 Å². The molecule has 6 heteroatoms. The number of anilines is 1. The van der Waals surface area contributed by atoms with Crippen LogP contribution in [0.25, 0.3) is 0 Å². The van der Waals surface area contributed by atoms with Gasteiger partial charge in [-0.15, -0.1) is 0 Å². The van der Waals surface area contributed by atoms with E-state index in [1.165, 1.54) is 6.20 Å². The van der Waals surface area contributed by atoms with Gasteiger partial charge in [-0.1, -0.05) is 11.6 Å². The Morgan fingerprint density at radius 2 is 1.86 bits per heavy atom. The summed E-state index contributed by atoms with van der Waals surface area (Å²) in [6.07, 6.45) is 1.33. The van der Waals surface area contributed by atoms with Gasteiger partial charge in [-0.2, -0.15) is 0 Å². The number of carbonyl (C=O) groups excluding carboxylic acids is 2. The van der Waals surface area contributed by atoms with Crippen molar-refractivity contribution in [3.63, 3.8) is 0 Å². The number of amides is 1. The highest BCUT2D eigenvalue weighted by Crippen LogP contribution is 2.16. The molecular formula is C16H15ClN2O3. The molecule has 0 aliphatic rings. The molecule has 1 aromatic heterocycles. The summed E-state index contributed by atoms with van der Waals surface area (Å²) in [5, 5.41) is 2.83. The van der Waals surface area contributed by atoms with E-state index in [4.69, 9.17) is 16.3 Å². The molecule has 1 heterocycles. The van der Waals surface area contributed by atoms with Crippen LogP contribution in [-0.2, 0) is 4.74 Å². The lowest BCUT2D eigenvalue weighted by molar-refractivity contribution is 0.0378. The molecule has 0 aliphatic carbocycles. The summed E-state index contributed by atoms with van der Waals surface area (Å²) in [4.78, 5) is 27.6. The van der Waals surface area contributed by atoms with Crippen LogP contribution >= 0.6 is 11.6 Å². The minimum atomic E-state index is -0.400. The molecule has 1 amide bonds. The summed E-state index contributed by atoms with van der Waals surface area (Å²) in [5.41, 5.74) is 1.25. The molecule has 2 aromatic rings. The number of pyridine rings is 1. The molecule has 1 aromatic carbocycles. The fraction of sp³-hybridized carbons (Fsp3) is 0.188. The second-order valence-electron chi connectivity index (χ2n) is 4.83.